The van der Waals surface area contributed by atoms with Crippen LogP contribution in [0.4, 0.5) is 10.1 Å². The quantitative estimate of drug-likeness (QED) is 0.810. The van der Waals surface area contributed by atoms with Gasteiger partial charge in [-0.1, -0.05) is 18.3 Å². The number of halogens is 2. The Morgan fingerprint density at radius 2 is 2.15 bits per heavy atom. The number of nitrogens with two attached hydrogens (primary N) is 1. The Balaban J connectivity index is 2.04. The van der Waals surface area contributed by atoms with Crippen molar-refractivity contribution in [2.24, 2.45) is 5.73 Å². The molecule has 0 bridgehead atoms. The Morgan fingerprint density at radius 1 is 1.35 bits per heavy atom. The first-order valence-electron chi connectivity index (χ1n) is 6.01. The maximum atomic E-state index is 14.1. The van der Waals surface area contributed by atoms with Gasteiger partial charge in [-0.05, 0) is 40.2 Å². The van der Waals surface area contributed by atoms with E-state index in [-0.39, 0.29) is 9.46 Å². The van der Waals surface area contributed by atoms with E-state index in [0.29, 0.717) is 17.8 Å². The summed E-state index contributed by atoms with van der Waals surface area (Å²) in [5.41, 5.74) is 7.38. The van der Waals surface area contributed by atoms with Crippen LogP contribution in [0.15, 0.2) is 41.0 Å². The molecule has 20 heavy (non-hydrogen) atoms. The van der Waals surface area contributed by atoms with Crippen molar-refractivity contribution in [3.05, 3.63) is 58.1 Å². The minimum absolute atomic E-state index is 0.163. The Labute approximate surface area is 130 Å². The van der Waals surface area contributed by atoms with Gasteiger partial charge in [0.1, 0.15) is 4.99 Å². The number of hydrogen-bond donors (Lipinski definition) is 2. The molecule has 2 aromatic rings. The van der Waals surface area contributed by atoms with E-state index in [4.69, 9.17) is 18.0 Å². The molecule has 0 unspecified atom stereocenters. The molecular weight excluding hydrogens is 341 g/mol. The molecule has 1 aromatic carbocycles. The third-order valence-corrected chi connectivity index (χ3v) is 3.77. The van der Waals surface area contributed by atoms with Crippen molar-refractivity contribution in [2.75, 3.05) is 11.9 Å². The zero-order valence-corrected chi connectivity index (χ0v) is 13.0. The van der Waals surface area contributed by atoms with E-state index in [2.05, 4.69) is 26.2 Å². The molecule has 0 atom stereocenters. The molecule has 0 amide bonds. The third-order valence-electron chi connectivity index (χ3n) is 2.77. The standard InChI is InChI=1S/C14H13BrFN3S/c15-12-10(14(17)20)4-5-11(13(12)16)19-8-6-9-3-1-2-7-18-9/h1-5,7,19H,6,8H2,(H2,17,20). The zero-order valence-electron chi connectivity index (χ0n) is 10.6. The smallest absolute Gasteiger partial charge is 0.161 e. The van der Waals surface area contributed by atoms with Gasteiger partial charge in [0, 0.05) is 30.4 Å². The van der Waals surface area contributed by atoms with Crippen molar-refractivity contribution in [2.45, 2.75) is 6.42 Å². The van der Waals surface area contributed by atoms with Gasteiger partial charge in [-0.3, -0.25) is 4.98 Å². The summed E-state index contributed by atoms with van der Waals surface area (Å²) in [6.45, 7) is 0.590. The maximum Gasteiger partial charge on any atom is 0.161 e. The number of rotatable bonds is 5. The van der Waals surface area contributed by atoms with Gasteiger partial charge in [0.15, 0.2) is 5.82 Å². The molecule has 0 saturated carbocycles. The van der Waals surface area contributed by atoms with Crippen LogP contribution in [0, 0.1) is 5.82 Å². The molecule has 3 N–H and O–H groups in total. The molecule has 0 aliphatic rings. The molecule has 1 aromatic heterocycles. The lowest BCUT2D eigenvalue weighted by atomic mass is 10.2. The van der Waals surface area contributed by atoms with Crippen LogP contribution < -0.4 is 11.1 Å². The van der Waals surface area contributed by atoms with E-state index >= 15 is 0 Å². The number of anilines is 1. The van der Waals surface area contributed by atoms with Crippen molar-refractivity contribution in [1.29, 1.82) is 0 Å². The van der Waals surface area contributed by atoms with Crippen LogP contribution in [0.5, 0.6) is 0 Å². The van der Waals surface area contributed by atoms with E-state index in [0.717, 1.165) is 12.1 Å². The third kappa shape index (κ3) is 3.52. The molecule has 3 nitrogen and oxygen atoms in total. The summed E-state index contributed by atoms with van der Waals surface area (Å²) in [5, 5.41) is 3.04. The number of hydrogen-bond acceptors (Lipinski definition) is 3. The van der Waals surface area contributed by atoms with Gasteiger partial charge in [-0.2, -0.15) is 0 Å². The monoisotopic (exact) mass is 353 g/mol. The fourth-order valence-corrected chi connectivity index (χ4v) is 2.61. The second kappa shape index (κ2) is 6.76. The summed E-state index contributed by atoms with van der Waals surface area (Å²) >= 11 is 8.03. The van der Waals surface area contributed by atoms with Gasteiger partial charge in [0.2, 0.25) is 0 Å². The SMILES string of the molecule is NC(=S)c1ccc(NCCc2ccccn2)c(F)c1Br. The summed E-state index contributed by atoms with van der Waals surface area (Å²) in [5.74, 6) is -0.392. The van der Waals surface area contributed by atoms with Crippen LogP contribution in [0.1, 0.15) is 11.3 Å². The zero-order chi connectivity index (χ0) is 14.5. The van der Waals surface area contributed by atoms with Crippen LogP contribution in [0.25, 0.3) is 0 Å². The Kier molecular flexibility index (Phi) is 5.03. The van der Waals surface area contributed by atoms with Crippen LogP contribution in [0.3, 0.4) is 0 Å². The molecule has 0 aliphatic carbocycles. The van der Waals surface area contributed by atoms with Crippen LogP contribution in [-0.2, 0) is 6.42 Å². The first kappa shape index (κ1) is 14.9. The number of nitrogens with one attached hydrogen (secondary N) is 1. The van der Waals surface area contributed by atoms with E-state index < -0.39 is 5.82 Å². The summed E-state index contributed by atoms with van der Waals surface area (Å²) < 4.78 is 14.4. The van der Waals surface area contributed by atoms with E-state index in [1.807, 2.05) is 18.2 Å². The lowest BCUT2D eigenvalue weighted by molar-refractivity contribution is 0.623. The predicted molar refractivity (Wildman–Crippen MR) is 86.4 cm³/mol. The normalized spacial score (nSPS) is 10.3. The highest BCUT2D eigenvalue weighted by Crippen LogP contribution is 2.27. The molecule has 2 rings (SSSR count). The molecule has 0 aliphatic heterocycles. The predicted octanol–water partition coefficient (Wildman–Crippen LogP) is 3.27. The largest absolute Gasteiger partial charge is 0.389 e. The molecule has 0 fully saturated rings. The van der Waals surface area contributed by atoms with Crippen molar-refractivity contribution >= 4 is 38.8 Å². The minimum Gasteiger partial charge on any atom is -0.389 e. The second-order valence-electron chi connectivity index (χ2n) is 4.15. The number of aromatic nitrogens is 1. The lowest BCUT2D eigenvalue weighted by Gasteiger charge is -2.11. The summed E-state index contributed by atoms with van der Waals surface area (Å²) in [7, 11) is 0. The molecule has 0 saturated heterocycles. The number of thiocarbonyl (C=S) groups is 1. The van der Waals surface area contributed by atoms with Gasteiger partial charge in [-0.25, -0.2) is 4.39 Å². The van der Waals surface area contributed by atoms with Gasteiger partial charge in [-0.15, -0.1) is 0 Å². The van der Waals surface area contributed by atoms with Crippen molar-refractivity contribution in [3.63, 3.8) is 0 Å². The van der Waals surface area contributed by atoms with Crippen molar-refractivity contribution in [3.8, 4) is 0 Å². The van der Waals surface area contributed by atoms with Crippen LogP contribution >= 0.6 is 28.1 Å². The molecule has 104 valence electrons. The number of nitrogens with zero attached hydrogens (tertiary/aromatic N) is 1. The number of benzene rings is 1. The average Bonchev–Trinajstić information content (AvgIpc) is 2.44. The van der Waals surface area contributed by atoms with E-state index in [1.54, 1.807) is 18.3 Å². The number of pyridine rings is 1. The van der Waals surface area contributed by atoms with Crippen LogP contribution in [0.2, 0.25) is 0 Å². The Hall–Kier alpha value is -1.53. The minimum atomic E-state index is -0.392. The molecule has 1 heterocycles. The highest BCUT2D eigenvalue weighted by Gasteiger charge is 2.12. The first-order chi connectivity index (χ1) is 9.59. The van der Waals surface area contributed by atoms with Crippen molar-refractivity contribution in [1.82, 2.24) is 4.98 Å². The fraction of sp³-hybridized carbons (Fsp3) is 0.143. The summed E-state index contributed by atoms with van der Waals surface area (Å²) in [6, 6.07) is 9.05. The first-order valence-corrected chi connectivity index (χ1v) is 7.21. The maximum absolute atomic E-state index is 14.1. The molecular formula is C14H13BrFN3S. The molecule has 6 heteroatoms. The molecule has 0 radical (unpaired) electrons. The Bertz CT molecular complexity index is 619. The Morgan fingerprint density at radius 3 is 2.80 bits per heavy atom. The molecule has 0 spiro atoms. The van der Waals surface area contributed by atoms with Crippen molar-refractivity contribution < 1.29 is 4.39 Å². The van der Waals surface area contributed by atoms with Gasteiger partial charge in [0.25, 0.3) is 0 Å². The fourth-order valence-electron chi connectivity index (χ4n) is 1.75. The highest BCUT2D eigenvalue weighted by atomic mass is 79.9. The van der Waals surface area contributed by atoms with E-state index in [1.165, 1.54) is 0 Å². The highest BCUT2D eigenvalue weighted by molar-refractivity contribution is 9.10. The van der Waals surface area contributed by atoms with Gasteiger partial charge in [0.05, 0.1) is 10.2 Å². The van der Waals surface area contributed by atoms with Gasteiger partial charge < -0.3 is 11.1 Å². The van der Waals surface area contributed by atoms with Gasteiger partial charge >= 0.3 is 0 Å². The topological polar surface area (TPSA) is 50.9 Å². The summed E-state index contributed by atoms with van der Waals surface area (Å²) in [6.07, 6.45) is 2.46. The van der Waals surface area contributed by atoms with Crippen LogP contribution in [-0.4, -0.2) is 16.5 Å². The van der Waals surface area contributed by atoms with E-state index in [9.17, 15) is 4.39 Å². The summed E-state index contributed by atoms with van der Waals surface area (Å²) in [4.78, 5) is 4.37. The second-order valence-corrected chi connectivity index (χ2v) is 5.38. The lowest BCUT2D eigenvalue weighted by Crippen LogP contribution is -2.13. The average molecular weight is 354 g/mol.